The highest BCUT2D eigenvalue weighted by Gasteiger charge is 2.10. The number of hydrogen-bond acceptors (Lipinski definition) is 6. The largest absolute Gasteiger partial charge is 0.494 e. The number of amides is 2. The molecule has 1 heterocycles. The Labute approximate surface area is 174 Å². The number of aromatic nitrogens is 4. The predicted molar refractivity (Wildman–Crippen MR) is 110 cm³/mol. The van der Waals surface area contributed by atoms with Gasteiger partial charge in [-0.1, -0.05) is 32.3 Å². The van der Waals surface area contributed by atoms with Gasteiger partial charge >= 0.3 is 0 Å². The molecule has 3 aromatic rings. The maximum atomic E-state index is 12.3. The molecule has 9 nitrogen and oxygen atoms in total. The topological polar surface area (TPSA) is 111 Å². The van der Waals surface area contributed by atoms with Crippen molar-refractivity contribution in [3.05, 3.63) is 66.0 Å². The number of ether oxygens (including phenoxy) is 1. The summed E-state index contributed by atoms with van der Waals surface area (Å²) in [4.78, 5) is 24.6. The Balaban J connectivity index is 1.49. The zero-order chi connectivity index (χ0) is 21.2. The van der Waals surface area contributed by atoms with Gasteiger partial charge in [-0.15, -0.1) is 5.10 Å². The van der Waals surface area contributed by atoms with Gasteiger partial charge in [0.15, 0.2) is 0 Å². The highest BCUT2D eigenvalue weighted by molar-refractivity contribution is 5.99. The molecule has 9 heteroatoms. The summed E-state index contributed by atoms with van der Waals surface area (Å²) in [6.07, 6.45) is 5.98. The molecule has 2 aromatic carbocycles. The predicted octanol–water partition coefficient (Wildman–Crippen LogP) is 2.70. The summed E-state index contributed by atoms with van der Waals surface area (Å²) in [5, 5.41) is 10.9. The standard InChI is InChI=1S/C21H24N6O3/c1-2-3-4-5-13-30-19-11-9-16(10-12-19)20(28)23-24-21(29)17-7-6-8-18(14-17)27-15-22-25-26-27/h6-12,14-15H,2-5,13H2,1H3,(H,23,28)(H,24,29). The number of hydrogen-bond donors (Lipinski definition) is 2. The maximum Gasteiger partial charge on any atom is 0.269 e. The number of carbonyl (C=O) groups is 2. The highest BCUT2D eigenvalue weighted by atomic mass is 16.5. The summed E-state index contributed by atoms with van der Waals surface area (Å²) >= 11 is 0. The van der Waals surface area contributed by atoms with Crippen LogP contribution in [-0.4, -0.2) is 38.6 Å². The van der Waals surface area contributed by atoms with Gasteiger partial charge in [0, 0.05) is 11.1 Å². The molecule has 0 aliphatic heterocycles. The molecule has 0 bridgehead atoms. The minimum absolute atomic E-state index is 0.357. The first-order chi connectivity index (χ1) is 14.7. The van der Waals surface area contributed by atoms with Gasteiger partial charge in [-0.2, -0.15) is 0 Å². The van der Waals surface area contributed by atoms with Crippen LogP contribution in [0, 0.1) is 0 Å². The van der Waals surface area contributed by atoms with Crippen LogP contribution in [0.3, 0.4) is 0 Å². The van der Waals surface area contributed by atoms with Crippen molar-refractivity contribution in [3.8, 4) is 11.4 Å². The number of tetrazole rings is 1. The molecule has 0 radical (unpaired) electrons. The van der Waals surface area contributed by atoms with Crippen LogP contribution >= 0.6 is 0 Å². The van der Waals surface area contributed by atoms with Crippen LogP contribution in [0.25, 0.3) is 5.69 Å². The van der Waals surface area contributed by atoms with E-state index in [9.17, 15) is 9.59 Å². The summed E-state index contributed by atoms with van der Waals surface area (Å²) in [5.41, 5.74) is 6.22. The SMILES string of the molecule is CCCCCCOc1ccc(C(=O)NNC(=O)c2cccc(-n3cnnn3)c2)cc1. The van der Waals surface area contributed by atoms with Crippen molar-refractivity contribution in [2.75, 3.05) is 6.61 Å². The first-order valence-electron chi connectivity index (χ1n) is 9.84. The molecule has 0 atom stereocenters. The van der Waals surface area contributed by atoms with Gasteiger partial charge in [0.2, 0.25) is 0 Å². The fourth-order valence-electron chi connectivity index (χ4n) is 2.75. The molecule has 0 unspecified atom stereocenters. The van der Waals surface area contributed by atoms with E-state index >= 15 is 0 Å². The number of hydrazine groups is 1. The number of carbonyl (C=O) groups excluding carboxylic acids is 2. The molecule has 30 heavy (non-hydrogen) atoms. The first kappa shape index (κ1) is 21.0. The van der Waals surface area contributed by atoms with E-state index in [1.807, 2.05) is 0 Å². The smallest absolute Gasteiger partial charge is 0.269 e. The van der Waals surface area contributed by atoms with Crippen LogP contribution in [0.2, 0.25) is 0 Å². The Morgan fingerprint density at radius 1 is 0.967 bits per heavy atom. The van der Waals surface area contributed by atoms with E-state index in [2.05, 4.69) is 33.3 Å². The van der Waals surface area contributed by atoms with Crippen molar-refractivity contribution >= 4 is 11.8 Å². The quantitative estimate of drug-likeness (QED) is 0.416. The maximum absolute atomic E-state index is 12.3. The van der Waals surface area contributed by atoms with Crippen LogP contribution in [0.4, 0.5) is 0 Å². The number of nitrogens with zero attached hydrogens (tertiary/aromatic N) is 4. The van der Waals surface area contributed by atoms with Crippen molar-refractivity contribution in [1.82, 2.24) is 31.1 Å². The van der Waals surface area contributed by atoms with Gasteiger partial charge in [0.05, 0.1) is 12.3 Å². The van der Waals surface area contributed by atoms with Crippen LogP contribution in [0.1, 0.15) is 53.3 Å². The lowest BCUT2D eigenvalue weighted by Crippen LogP contribution is -2.41. The summed E-state index contributed by atoms with van der Waals surface area (Å²) in [5.74, 6) is -0.161. The molecule has 0 fully saturated rings. The fourth-order valence-corrected chi connectivity index (χ4v) is 2.75. The normalized spacial score (nSPS) is 10.4. The third kappa shape index (κ3) is 5.87. The van der Waals surface area contributed by atoms with E-state index in [1.54, 1.807) is 48.5 Å². The molecular weight excluding hydrogens is 384 g/mol. The molecule has 0 aliphatic rings. The van der Waals surface area contributed by atoms with Crippen molar-refractivity contribution in [2.24, 2.45) is 0 Å². The van der Waals surface area contributed by atoms with Crippen molar-refractivity contribution in [1.29, 1.82) is 0 Å². The minimum Gasteiger partial charge on any atom is -0.494 e. The van der Waals surface area contributed by atoms with Gasteiger partial charge in [0.25, 0.3) is 11.8 Å². The summed E-state index contributed by atoms with van der Waals surface area (Å²) in [7, 11) is 0. The molecule has 0 aliphatic carbocycles. The lowest BCUT2D eigenvalue weighted by atomic mass is 10.2. The summed E-state index contributed by atoms with van der Waals surface area (Å²) in [6, 6.07) is 13.5. The second-order valence-corrected chi connectivity index (χ2v) is 6.65. The Morgan fingerprint density at radius 3 is 2.43 bits per heavy atom. The van der Waals surface area contributed by atoms with Crippen LogP contribution in [0.15, 0.2) is 54.9 Å². The van der Waals surface area contributed by atoms with E-state index < -0.39 is 11.8 Å². The number of unbranched alkanes of at least 4 members (excludes halogenated alkanes) is 3. The molecular formula is C21H24N6O3. The summed E-state index contributed by atoms with van der Waals surface area (Å²) < 4.78 is 7.10. The van der Waals surface area contributed by atoms with Gasteiger partial charge in [-0.3, -0.25) is 20.4 Å². The fraction of sp³-hybridized carbons (Fsp3) is 0.286. The highest BCUT2D eigenvalue weighted by Crippen LogP contribution is 2.13. The van der Waals surface area contributed by atoms with Crippen molar-refractivity contribution in [2.45, 2.75) is 32.6 Å². The van der Waals surface area contributed by atoms with Gasteiger partial charge in [0.1, 0.15) is 12.1 Å². The number of benzene rings is 2. The van der Waals surface area contributed by atoms with Crippen LogP contribution < -0.4 is 15.6 Å². The Hall–Kier alpha value is -3.75. The molecule has 0 spiro atoms. The van der Waals surface area contributed by atoms with Gasteiger partial charge in [-0.25, -0.2) is 4.68 Å². The minimum atomic E-state index is -0.453. The average molecular weight is 408 g/mol. The number of rotatable bonds is 9. The van der Waals surface area contributed by atoms with E-state index in [1.165, 1.54) is 23.9 Å². The molecule has 3 rings (SSSR count). The van der Waals surface area contributed by atoms with Gasteiger partial charge in [-0.05, 0) is 59.3 Å². The van der Waals surface area contributed by atoms with E-state index in [0.717, 1.165) is 12.8 Å². The lowest BCUT2D eigenvalue weighted by Gasteiger charge is -2.09. The van der Waals surface area contributed by atoms with Crippen molar-refractivity contribution < 1.29 is 14.3 Å². The zero-order valence-corrected chi connectivity index (χ0v) is 16.7. The lowest BCUT2D eigenvalue weighted by molar-refractivity contribution is 0.0846. The third-order valence-electron chi connectivity index (χ3n) is 4.39. The molecule has 0 saturated carbocycles. The van der Waals surface area contributed by atoms with Crippen LogP contribution in [0.5, 0.6) is 5.75 Å². The van der Waals surface area contributed by atoms with E-state index in [-0.39, 0.29) is 0 Å². The molecule has 2 amide bonds. The molecule has 0 saturated heterocycles. The zero-order valence-electron chi connectivity index (χ0n) is 16.7. The van der Waals surface area contributed by atoms with Crippen LogP contribution in [-0.2, 0) is 0 Å². The molecule has 156 valence electrons. The molecule has 1 aromatic heterocycles. The first-order valence-corrected chi connectivity index (χ1v) is 9.84. The monoisotopic (exact) mass is 408 g/mol. The van der Waals surface area contributed by atoms with E-state index in [4.69, 9.17) is 4.74 Å². The Bertz CT molecular complexity index is 957. The third-order valence-corrected chi connectivity index (χ3v) is 4.39. The Kier molecular flexibility index (Phi) is 7.48. The second-order valence-electron chi connectivity index (χ2n) is 6.65. The molecule has 2 N–H and O–H groups in total. The van der Waals surface area contributed by atoms with E-state index in [0.29, 0.717) is 29.2 Å². The van der Waals surface area contributed by atoms with Crippen molar-refractivity contribution in [3.63, 3.8) is 0 Å². The Morgan fingerprint density at radius 2 is 1.73 bits per heavy atom. The van der Waals surface area contributed by atoms with Gasteiger partial charge < -0.3 is 4.74 Å². The second kappa shape index (κ2) is 10.7. The average Bonchev–Trinajstić information content (AvgIpc) is 3.33. The number of nitrogens with one attached hydrogen (secondary N) is 2. The summed E-state index contributed by atoms with van der Waals surface area (Å²) in [6.45, 7) is 2.83.